The molecule has 1 fully saturated rings. The molecular formula is C28H31N7O2. The minimum atomic E-state index is -0.290. The summed E-state index contributed by atoms with van der Waals surface area (Å²) in [5.41, 5.74) is 5.47. The number of nitrogens with zero attached hydrogens (tertiary/aromatic N) is 5. The molecule has 0 aliphatic heterocycles. The Morgan fingerprint density at radius 2 is 1.84 bits per heavy atom. The van der Waals surface area contributed by atoms with Gasteiger partial charge in [-0.1, -0.05) is 53.7 Å². The minimum absolute atomic E-state index is 0.109. The highest BCUT2D eigenvalue weighted by atomic mass is 16.6. The number of carbonyl (C=O) groups is 1. The normalized spacial score (nSPS) is 18.2. The third-order valence-corrected chi connectivity index (χ3v) is 6.60. The Morgan fingerprint density at radius 1 is 1.11 bits per heavy atom. The fourth-order valence-corrected chi connectivity index (χ4v) is 4.84. The van der Waals surface area contributed by atoms with Crippen LogP contribution in [0.2, 0.25) is 0 Å². The van der Waals surface area contributed by atoms with Crippen LogP contribution in [0.4, 0.5) is 10.6 Å². The summed E-state index contributed by atoms with van der Waals surface area (Å²) in [7, 11) is 1.87. The predicted octanol–water partition coefficient (Wildman–Crippen LogP) is 5.04. The van der Waals surface area contributed by atoms with Gasteiger partial charge < -0.3 is 10.2 Å². The number of aryl methyl sites for hydroxylation is 1. The highest BCUT2D eigenvalue weighted by Gasteiger charge is 2.34. The maximum Gasteiger partial charge on any atom is 0.320 e. The zero-order valence-electron chi connectivity index (χ0n) is 21.3. The Hall–Kier alpha value is -4.40. The monoisotopic (exact) mass is 497 g/mol. The molecule has 2 N–H and O–H groups in total. The molecular weight excluding hydrogens is 466 g/mol. The molecule has 5 rings (SSSR count). The van der Waals surface area contributed by atoms with Crippen molar-refractivity contribution in [2.45, 2.75) is 38.6 Å². The summed E-state index contributed by atoms with van der Waals surface area (Å²) in [5, 5.41) is 19.7. The molecule has 1 saturated carbocycles. The maximum absolute atomic E-state index is 13.4. The van der Waals surface area contributed by atoms with Crippen LogP contribution >= 0.6 is 0 Å². The number of anilines is 1. The number of rotatable bonds is 7. The van der Waals surface area contributed by atoms with Gasteiger partial charge in [-0.2, -0.15) is 10.2 Å². The molecule has 1 aliphatic rings. The molecule has 2 aromatic heterocycles. The van der Waals surface area contributed by atoms with Crippen LogP contribution < -0.4 is 10.6 Å². The highest BCUT2D eigenvalue weighted by molar-refractivity contribution is 5.93. The van der Waals surface area contributed by atoms with Crippen molar-refractivity contribution in [3.05, 3.63) is 84.2 Å². The smallest absolute Gasteiger partial charge is 0.320 e. The van der Waals surface area contributed by atoms with Crippen LogP contribution in [-0.4, -0.2) is 44.0 Å². The summed E-state index contributed by atoms with van der Waals surface area (Å²) in [5.74, 6) is 0.720. The minimum Gasteiger partial charge on any atom is -0.396 e. The van der Waals surface area contributed by atoms with E-state index in [9.17, 15) is 4.79 Å². The highest BCUT2D eigenvalue weighted by Crippen LogP contribution is 2.34. The van der Waals surface area contributed by atoms with Gasteiger partial charge >= 0.3 is 6.03 Å². The van der Waals surface area contributed by atoms with E-state index in [1.165, 1.54) is 5.56 Å². The summed E-state index contributed by atoms with van der Waals surface area (Å²) in [6.45, 7) is 4.38. The number of oxime groups is 1. The molecule has 2 atom stereocenters. The third kappa shape index (κ3) is 5.25. The zero-order chi connectivity index (χ0) is 25.8. The van der Waals surface area contributed by atoms with Gasteiger partial charge in [0.05, 0.1) is 17.6 Å². The van der Waals surface area contributed by atoms with Crippen molar-refractivity contribution >= 4 is 17.6 Å². The first-order valence-electron chi connectivity index (χ1n) is 12.5. The molecule has 0 radical (unpaired) electrons. The summed E-state index contributed by atoms with van der Waals surface area (Å²) in [4.78, 5) is 18.7. The van der Waals surface area contributed by atoms with E-state index in [2.05, 4.69) is 33.0 Å². The van der Waals surface area contributed by atoms with Gasteiger partial charge in [0.15, 0.2) is 0 Å². The molecule has 1 aliphatic carbocycles. The number of hydrogen-bond donors (Lipinski definition) is 2. The topological polar surface area (TPSA) is 98.4 Å². The lowest BCUT2D eigenvalue weighted by atomic mass is 9.94. The number of aromatic nitrogens is 4. The molecule has 9 heteroatoms. The van der Waals surface area contributed by atoms with Gasteiger partial charge in [-0.05, 0) is 38.0 Å². The lowest BCUT2D eigenvalue weighted by Crippen LogP contribution is -2.40. The number of urea groups is 1. The number of hydrogen-bond acceptors (Lipinski definition) is 5. The van der Waals surface area contributed by atoms with E-state index in [1.54, 1.807) is 15.6 Å². The standard InChI is InChI=1S/C28H31N7O2/c1-4-37-33-22-15-24(20-11-7-5-8-12-20)25(16-22)30-28(36)31-27-19(2)26(21-17-29-34(3)18-21)32-35(27)23-13-9-6-10-14-23/h5-14,17-18,24-25H,4,15-16H2,1-3H3,(H2,30,31,36)/b33-22-/t24-,25+/m0/s1. The van der Waals surface area contributed by atoms with E-state index in [1.807, 2.05) is 75.6 Å². The molecule has 37 heavy (non-hydrogen) atoms. The fraction of sp³-hybridized carbons (Fsp3) is 0.286. The summed E-state index contributed by atoms with van der Waals surface area (Å²) < 4.78 is 3.50. The van der Waals surface area contributed by atoms with E-state index in [-0.39, 0.29) is 18.0 Å². The number of para-hydroxylation sites is 1. The van der Waals surface area contributed by atoms with Crippen molar-refractivity contribution in [1.82, 2.24) is 24.9 Å². The predicted molar refractivity (Wildman–Crippen MR) is 144 cm³/mol. The van der Waals surface area contributed by atoms with Crippen LogP contribution in [0.25, 0.3) is 16.9 Å². The number of carbonyl (C=O) groups excluding carboxylic acids is 1. The Balaban J connectivity index is 1.43. The average molecular weight is 498 g/mol. The number of nitrogens with one attached hydrogen (secondary N) is 2. The second-order valence-electron chi connectivity index (χ2n) is 9.18. The Kier molecular flexibility index (Phi) is 7.02. The molecule has 0 unspecified atom stereocenters. The quantitative estimate of drug-likeness (QED) is 0.350. The summed E-state index contributed by atoms with van der Waals surface area (Å²) in [6.07, 6.45) is 5.05. The van der Waals surface area contributed by atoms with Gasteiger partial charge in [-0.25, -0.2) is 9.48 Å². The van der Waals surface area contributed by atoms with Crippen LogP contribution in [0.15, 0.2) is 78.2 Å². The largest absolute Gasteiger partial charge is 0.396 e. The van der Waals surface area contributed by atoms with Gasteiger partial charge in [-0.3, -0.25) is 10.00 Å². The van der Waals surface area contributed by atoms with Crippen LogP contribution in [0.5, 0.6) is 0 Å². The number of amides is 2. The van der Waals surface area contributed by atoms with Crippen LogP contribution in [0.1, 0.15) is 36.8 Å². The van der Waals surface area contributed by atoms with Crippen molar-refractivity contribution in [1.29, 1.82) is 0 Å². The summed E-state index contributed by atoms with van der Waals surface area (Å²) in [6, 6.07) is 19.6. The SMILES string of the molecule is CCO/N=C1\C[C@@H](NC(=O)Nc2c(C)c(-c3cnn(C)c3)nn2-c2ccccc2)[C@H](c2ccccc2)C1. The average Bonchev–Trinajstić information content (AvgIpc) is 3.61. The van der Waals surface area contributed by atoms with Crippen molar-refractivity contribution in [2.75, 3.05) is 11.9 Å². The Morgan fingerprint density at radius 3 is 2.51 bits per heavy atom. The van der Waals surface area contributed by atoms with E-state index in [0.29, 0.717) is 18.8 Å². The van der Waals surface area contributed by atoms with E-state index in [0.717, 1.165) is 34.6 Å². The van der Waals surface area contributed by atoms with Gasteiger partial charge in [0.2, 0.25) is 0 Å². The van der Waals surface area contributed by atoms with Crippen LogP contribution in [0.3, 0.4) is 0 Å². The third-order valence-electron chi connectivity index (χ3n) is 6.60. The van der Waals surface area contributed by atoms with Crippen molar-refractivity contribution in [3.8, 4) is 16.9 Å². The molecule has 4 aromatic rings. The summed E-state index contributed by atoms with van der Waals surface area (Å²) >= 11 is 0. The van der Waals surface area contributed by atoms with Gasteiger partial charge in [0.1, 0.15) is 18.1 Å². The Bertz CT molecular complexity index is 1390. The molecule has 0 bridgehead atoms. The van der Waals surface area contributed by atoms with E-state index >= 15 is 0 Å². The first kappa shape index (κ1) is 24.3. The second-order valence-corrected chi connectivity index (χ2v) is 9.18. The molecule has 190 valence electrons. The van der Waals surface area contributed by atoms with E-state index in [4.69, 9.17) is 9.94 Å². The van der Waals surface area contributed by atoms with Crippen molar-refractivity contribution in [3.63, 3.8) is 0 Å². The first-order chi connectivity index (χ1) is 18.0. The molecule has 9 nitrogen and oxygen atoms in total. The van der Waals surface area contributed by atoms with Crippen LogP contribution in [0, 0.1) is 6.92 Å². The van der Waals surface area contributed by atoms with Crippen molar-refractivity contribution in [2.24, 2.45) is 12.2 Å². The van der Waals surface area contributed by atoms with Gasteiger partial charge in [0.25, 0.3) is 0 Å². The molecule has 2 amide bonds. The Labute approximate surface area is 216 Å². The fourth-order valence-electron chi connectivity index (χ4n) is 4.84. The first-order valence-corrected chi connectivity index (χ1v) is 12.5. The lowest BCUT2D eigenvalue weighted by Gasteiger charge is -2.21. The van der Waals surface area contributed by atoms with E-state index < -0.39 is 0 Å². The molecule has 0 spiro atoms. The van der Waals surface area contributed by atoms with Gasteiger partial charge in [0, 0.05) is 42.8 Å². The van der Waals surface area contributed by atoms with Crippen molar-refractivity contribution < 1.29 is 9.63 Å². The molecule has 2 heterocycles. The maximum atomic E-state index is 13.4. The van der Waals surface area contributed by atoms with Crippen LogP contribution in [-0.2, 0) is 11.9 Å². The van der Waals surface area contributed by atoms with Gasteiger partial charge in [-0.15, -0.1) is 0 Å². The zero-order valence-corrected chi connectivity index (χ0v) is 21.3. The number of benzene rings is 2. The lowest BCUT2D eigenvalue weighted by molar-refractivity contribution is 0.158. The molecule has 0 saturated heterocycles. The second kappa shape index (κ2) is 10.7. The molecule has 2 aromatic carbocycles.